The van der Waals surface area contributed by atoms with Crippen LogP contribution in [0, 0.1) is 6.92 Å². The number of nitrogens with zero attached hydrogens (tertiary/aromatic N) is 3. The van der Waals surface area contributed by atoms with Crippen molar-refractivity contribution in [3.8, 4) is 16.5 Å². The van der Waals surface area contributed by atoms with Crippen LogP contribution in [-0.4, -0.2) is 53.0 Å². The molecular weight excluding hydrogens is 560 g/mol. The first-order valence-electron chi connectivity index (χ1n) is 14.0. The number of hydrogen-bond donors (Lipinski definition) is 1. The van der Waals surface area contributed by atoms with Gasteiger partial charge in [-0.3, -0.25) is 14.2 Å². The Labute approximate surface area is 247 Å². The molecule has 4 aromatic rings. The number of methoxy groups -OCH3 is 1. The Kier molecular flexibility index (Phi) is 8.67. The lowest BCUT2D eigenvalue weighted by atomic mass is 10.0. The number of amides is 1. The number of para-hydroxylation sites is 1. The van der Waals surface area contributed by atoms with E-state index in [1.54, 1.807) is 34.8 Å². The Morgan fingerprint density at radius 3 is 2.64 bits per heavy atom. The number of ether oxygens (including phenoxy) is 3. The summed E-state index contributed by atoms with van der Waals surface area (Å²) >= 11 is 1.25. The predicted molar refractivity (Wildman–Crippen MR) is 159 cm³/mol. The van der Waals surface area contributed by atoms with Gasteiger partial charge in [-0.15, -0.1) is 11.3 Å². The first-order valence-corrected chi connectivity index (χ1v) is 14.8. The van der Waals surface area contributed by atoms with Gasteiger partial charge < -0.3 is 23.9 Å². The largest absolute Gasteiger partial charge is 0.496 e. The normalized spacial score (nSPS) is 15.2. The van der Waals surface area contributed by atoms with Crippen LogP contribution in [0.1, 0.15) is 50.8 Å². The highest BCUT2D eigenvalue weighted by atomic mass is 32.1. The molecule has 1 fully saturated rings. The summed E-state index contributed by atoms with van der Waals surface area (Å²) in [6.45, 7) is 8.33. The van der Waals surface area contributed by atoms with E-state index in [0.29, 0.717) is 64.9 Å². The molecule has 1 atom stereocenters. The molecule has 1 aliphatic rings. The van der Waals surface area contributed by atoms with Gasteiger partial charge in [0.25, 0.3) is 5.56 Å². The fraction of sp³-hybridized carbons (Fsp3) is 0.467. The van der Waals surface area contributed by atoms with Crippen LogP contribution in [-0.2, 0) is 26.4 Å². The van der Waals surface area contributed by atoms with Crippen molar-refractivity contribution in [2.75, 3.05) is 26.9 Å². The average molecular weight is 597 g/mol. The Bertz CT molecular complexity index is 1680. The van der Waals surface area contributed by atoms with Crippen LogP contribution >= 0.6 is 11.3 Å². The molecule has 3 aromatic heterocycles. The van der Waals surface area contributed by atoms with Crippen molar-refractivity contribution in [1.29, 1.82) is 0 Å². The molecule has 5 rings (SSSR count). The van der Waals surface area contributed by atoms with Crippen molar-refractivity contribution in [1.82, 2.24) is 19.4 Å². The monoisotopic (exact) mass is 596 g/mol. The van der Waals surface area contributed by atoms with Gasteiger partial charge in [-0.1, -0.05) is 18.2 Å². The molecule has 11 nitrogen and oxygen atoms in total. The summed E-state index contributed by atoms with van der Waals surface area (Å²) < 4.78 is 26.0. The van der Waals surface area contributed by atoms with E-state index in [-0.39, 0.29) is 12.6 Å². The van der Waals surface area contributed by atoms with E-state index in [2.05, 4.69) is 10.3 Å². The first kappa shape index (κ1) is 29.7. The van der Waals surface area contributed by atoms with Gasteiger partial charge in [0.15, 0.2) is 0 Å². The summed E-state index contributed by atoms with van der Waals surface area (Å²) in [6.07, 6.45) is 3.73. The van der Waals surface area contributed by atoms with E-state index in [0.717, 1.165) is 10.1 Å². The minimum atomic E-state index is -1.47. The van der Waals surface area contributed by atoms with E-state index < -0.39 is 28.8 Å². The van der Waals surface area contributed by atoms with E-state index >= 15 is 0 Å². The molecule has 1 aliphatic heterocycles. The van der Waals surface area contributed by atoms with E-state index in [9.17, 15) is 14.4 Å². The van der Waals surface area contributed by atoms with E-state index in [4.69, 9.17) is 18.6 Å². The Morgan fingerprint density at radius 2 is 1.98 bits per heavy atom. The Balaban J connectivity index is 1.75. The third-order valence-electron chi connectivity index (χ3n) is 7.65. The molecule has 1 aromatic carbocycles. The lowest BCUT2D eigenvalue weighted by molar-refractivity contribution is -0.128. The minimum absolute atomic E-state index is 0.0732. The minimum Gasteiger partial charge on any atom is -0.496 e. The molecule has 0 unspecified atom stereocenters. The number of carbonyl (C=O) groups is 1. The molecule has 1 saturated heterocycles. The number of thiophene rings is 1. The molecule has 0 radical (unpaired) electrons. The summed E-state index contributed by atoms with van der Waals surface area (Å²) in [5.74, 6) is 0.537. The van der Waals surface area contributed by atoms with Crippen LogP contribution in [0.3, 0.4) is 0 Å². The molecule has 0 bridgehead atoms. The second-order valence-corrected chi connectivity index (χ2v) is 11.7. The smallest absolute Gasteiger partial charge is 0.333 e. The van der Waals surface area contributed by atoms with Gasteiger partial charge in [0.05, 0.1) is 36.2 Å². The van der Waals surface area contributed by atoms with Crippen molar-refractivity contribution in [3.05, 3.63) is 68.7 Å². The Hall–Kier alpha value is -3.74. The third kappa shape index (κ3) is 5.41. The van der Waals surface area contributed by atoms with Crippen LogP contribution in [0.25, 0.3) is 21.0 Å². The van der Waals surface area contributed by atoms with Gasteiger partial charge in [-0.2, -0.15) is 0 Å². The van der Waals surface area contributed by atoms with Crippen LogP contribution in [0.4, 0.5) is 0 Å². The van der Waals surface area contributed by atoms with Crippen LogP contribution < -0.4 is 21.3 Å². The van der Waals surface area contributed by atoms with Gasteiger partial charge in [0.1, 0.15) is 28.5 Å². The number of rotatable bonds is 10. The van der Waals surface area contributed by atoms with Gasteiger partial charge in [0, 0.05) is 25.3 Å². The zero-order valence-corrected chi connectivity index (χ0v) is 25.3. The van der Waals surface area contributed by atoms with Crippen molar-refractivity contribution in [3.63, 3.8) is 0 Å². The first-order chi connectivity index (χ1) is 20.2. The lowest BCUT2D eigenvalue weighted by Crippen LogP contribution is -2.55. The van der Waals surface area contributed by atoms with Crippen LogP contribution in [0.5, 0.6) is 5.75 Å². The number of aromatic nitrogens is 3. The zero-order chi connectivity index (χ0) is 30.0. The average Bonchev–Trinajstić information content (AvgIpc) is 3.63. The fourth-order valence-electron chi connectivity index (χ4n) is 5.38. The van der Waals surface area contributed by atoms with E-state index in [1.165, 1.54) is 28.4 Å². The molecule has 1 N–H and O–H groups in total. The maximum atomic E-state index is 14.4. The number of nitrogens with one attached hydrogen (secondary N) is 1. The number of hydrogen-bond acceptors (Lipinski definition) is 9. The number of aryl methyl sites for hydroxylation is 1. The van der Waals surface area contributed by atoms with Gasteiger partial charge >= 0.3 is 5.69 Å². The molecule has 0 saturated carbocycles. The summed E-state index contributed by atoms with van der Waals surface area (Å²) in [4.78, 5) is 47.0. The second-order valence-electron chi connectivity index (χ2n) is 10.7. The number of benzene rings is 1. The number of oxazole rings is 1. The number of fused-ring (bicyclic) bond motifs is 1. The molecule has 12 heteroatoms. The zero-order valence-electron chi connectivity index (χ0n) is 24.5. The molecule has 4 heterocycles. The highest BCUT2D eigenvalue weighted by Gasteiger charge is 2.36. The quantitative estimate of drug-likeness (QED) is 0.291. The number of carbonyl (C=O) groups excluding carboxylic acids is 1. The summed E-state index contributed by atoms with van der Waals surface area (Å²) in [7, 11) is 1.59. The highest BCUT2D eigenvalue weighted by Crippen LogP contribution is 2.37. The second kappa shape index (κ2) is 12.2. The number of likely N-dealkylation sites (N-methyl/N-ethyl adjacent to an activating group) is 1. The van der Waals surface area contributed by atoms with Crippen LogP contribution in [0.2, 0.25) is 0 Å². The molecular formula is C30H36N4O7S. The van der Waals surface area contributed by atoms with Crippen molar-refractivity contribution in [2.24, 2.45) is 0 Å². The maximum absolute atomic E-state index is 14.4. The maximum Gasteiger partial charge on any atom is 0.333 e. The Morgan fingerprint density at radius 1 is 1.24 bits per heavy atom. The summed E-state index contributed by atoms with van der Waals surface area (Å²) in [6, 6.07) is 7.53. The standard InChI is InChI=1S/C30H36N4O7S/c1-6-31-28(36)30(3,4)34-26(35)23-18(2)24(25-32-13-16-40-25)42-27(23)33(29(34)37)17-22(41-19-11-14-39-15-12-19)20-9-7-8-10-21(20)38-5/h7-10,13,16,19,22H,6,11-12,14-15,17H2,1-5H3,(H,31,36)/t22-/m0/s1. The van der Waals surface area contributed by atoms with Gasteiger partial charge in [-0.25, -0.2) is 14.3 Å². The molecule has 1 amide bonds. The molecule has 42 heavy (non-hydrogen) atoms. The highest BCUT2D eigenvalue weighted by molar-refractivity contribution is 7.22. The van der Waals surface area contributed by atoms with Crippen molar-refractivity contribution >= 4 is 27.5 Å². The van der Waals surface area contributed by atoms with Gasteiger partial charge in [-0.05, 0) is 52.2 Å². The topological polar surface area (TPSA) is 127 Å². The molecule has 0 spiro atoms. The molecule has 224 valence electrons. The van der Waals surface area contributed by atoms with E-state index in [1.807, 2.05) is 24.3 Å². The van der Waals surface area contributed by atoms with Crippen LogP contribution in [0.15, 0.2) is 50.7 Å². The summed E-state index contributed by atoms with van der Waals surface area (Å²) in [5, 5.41) is 3.09. The predicted octanol–water partition coefficient (Wildman–Crippen LogP) is 4.00. The third-order valence-corrected chi connectivity index (χ3v) is 8.95. The molecule has 0 aliphatic carbocycles. The SMILES string of the molecule is CCNC(=O)C(C)(C)n1c(=O)c2c(C)c(-c3ncco3)sc2n(C[C@H](OC2CCOCC2)c2ccccc2OC)c1=O. The van der Waals surface area contributed by atoms with Gasteiger partial charge in [0.2, 0.25) is 11.8 Å². The fourth-order valence-corrected chi connectivity index (χ4v) is 6.62. The summed E-state index contributed by atoms with van der Waals surface area (Å²) in [5.41, 5.74) is -1.24. The van der Waals surface area contributed by atoms with Crippen molar-refractivity contribution in [2.45, 2.75) is 64.8 Å². The van der Waals surface area contributed by atoms with Crippen molar-refractivity contribution < 1.29 is 23.4 Å². The lowest BCUT2D eigenvalue weighted by Gasteiger charge is -2.30.